The van der Waals surface area contributed by atoms with Gasteiger partial charge in [-0.05, 0) is 46.6 Å². The van der Waals surface area contributed by atoms with Crippen LogP contribution in [0.2, 0.25) is 0 Å². The maximum absolute atomic E-state index is 11.1. The Kier molecular flexibility index (Phi) is 8.22. The van der Waals surface area contributed by atoms with Crippen LogP contribution in [0.3, 0.4) is 0 Å². The molecular formula is C14H23NO. The summed E-state index contributed by atoms with van der Waals surface area (Å²) in [5, 5.41) is 2.80. The third-order valence-electron chi connectivity index (χ3n) is 2.14. The number of carbonyl (C=O) groups excluding carboxylic acids is 1. The van der Waals surface area contributed by atoms with Crippen molar-refractivity contribution in [2.24, 2.45) is 0 Å². The van der Waals surface area contributed by atoms with Crippen molar-refractivity contribution in [1.82, 2.24) is 5.32 Å². The molecule has 0 saturated heterocycles. The van der Waals surface area contributed by atoms with E-state index >= 15 is 0 Å². The molecule has 0 heterocycles. The first-order chi connectivity index (χ1) is 7.56. The summed E-state index contributed by atoms with van der Waals surface area (Å²) in [5.74, 6) is -0.0316. The van der Waals surface area contributed by atoms with E-state index in [1.165, 1.54) is 17.2 Å². The predicted molar refractivity (Wildman–Crippen MR) is 70.2 cm³/mol. The average Bonchev–Trinajstić information content (AvgIpc) is 2.17. The summed E-state index contributed by atoms with van der Waals surface area (Å²) in [6.07, 6.45) is 9.71. The van der Waals surface area contributed by atoms with Gasteiger partial charge in [0.2, 0.25) is 5.91 Å². The first kappa shape index (κ1) is 14.7. The number of nitrogens with one attached hydrogen (secondary N) is 1. The fourth-order valence-electron chi connectivity index (χ4n) is 1.23. The highest BCUT2D eigenvalue weighted by Crippen LogP contribution is 2.05. The summed E-state index contributed by atoms with van der Waals surface area (Å²) >= 11 is 0. The van der Waals surface area contributed by atoms with Crippen LogP contribution in [0.5, 0.6) is 0 Å². The van der Waals surface area contributed by atoms with Crippen molar-refractivity contribution in [2.45, 2.75) is 40.5 Å². The lowest BCUT2D eigenvalue weighted by Gasteiger charge is -2.00. The van der Waals surface area contributed by atoms with E-state index in [1.807, 2.05) is 6.92 Å². The van der Waals surface area contributed by atoms with Gasteiger partial charge in [0.25, 0.3) is 0 Å². The quantitative estimate of drug-likeness (QED) is 0.540. The molecule has 0 fully saturated rings. The van der Waals surface area contributed by atoms with Gasteiger partial charge in [-0.15, -0.1) is 0 Å². The molecule has 0 aromatic heterocycles. The molecule has 0 aromatic carbocycles. The van der Waals surface area contributed by atoms with Gasteiger partial charge in [-0.1, -0.05) is 29.4 Å². The first-order valence-electron chi connectivity index (χ1n) is 5.75. The van der Waals surface area contributed by atoms with Crippen LogP contribution in [0.1, 0.15) is 40.5 Å². The Balaban J connectivity index is 3.79. The Hall–Kier alpha value is -1.31. The monoisotopic (exact) mass is 221 g/mol. The second-order valence-corrected chi connectivity index (χ2v) is 4.12. The highest BCUT2D eigenvalue weighted by Gasteiger charge is 1.92. The molecule has 0 spiro atoms. The number of hydrogen-bond donors (Lipinski definition) is 1. The molecule has 0 saturated carbocycles. The molecule has 0 radical (unpaired) electrons. The molecular weight excluding hydrogens is 198 g/mol. The molecule has 90 valence electrons. The molecule has 2 heteroatoms. The molecule has 0 aliphatic rings. The van der Waals surface area contributed by atoms with E-state index in [9.17, 15) is 4.79 Å². The highest BCUT2D eigenvalue weighted by atomic mass is 16.1. The van der Waals surface area contributed by atoms with Gasteiger partial charge in [-0.25, -0.2) is 0 Å². The second kappa shape index (κ2) is 8.96. The third kappa shape index (κ3) is 9.25. The SMILES string of the molecule is CC=CC(=O)NCC=C(C)CCC=C(C)C. The van der Waals surface area contributed by atoms with Crippen molar-refractivity contribution in [1.29, 1.82) is 0 Å². The molecule has 0 aromatic rings. The average molecular weight is 221 g/mol. The first-order valence-corrected chi connectivity index (χ1v) is 5.75. The van der Waals surface area contributed by atoms with Crippen molar-refractivity contribution in [3.63, 3.8) is 0 Å². The Morgan fingerprint density at radius 2 is 1.88 bits per heavy atom. The van der Waals surface area contributed by atoms with Crippen LogP contribution >= 0.6 is 0 Å². The largest absolute Gasteiger partial charge is 0.349 e. The minimum absolute atomic E-state index is 0.0316. The molecule has 0 rings (SSSR count). The number of rotatable bonds is 6. The van der Waals surface area contributed by atoms with Crippen LogP contribution in [0, 0.1) is 0 Å². The summed E-state index contributed by atoms with van der Waals surface area (Å²) < 4.78 is 0. The van der Waals surface area contributed by atoms with Crippen LogP contribution in [0.15, 0.2) is 35.5 Å². The van der Waals surface area contributed by atoms with Gasteiger partial charge in [0, 0.05) is 6.54 Å². The van der Waals surface area contributed by atoms with E-state index in [1.54, 1.807) is 6.08 Å². The topological polar surface area (TPSA) is 29.1 Å². The Labute approximate surface area is 99.1 Å². The Morgan fingerprint density at radius 1 is 1.19 bits per heavy atom. The van der Waals surface area contributed by atoms with Crippen molar-refractivity contribution in [3.8, 4) is 0 Å². The van der Waals surface area contributed by atoms with E-state index in [0.29, 0.717) is 6.54 Å². The van der Waals surface area contributed by atoms with Crippen LogP contribution in [0.25, 0.3) is 0 Å². The maximum atomic E-state index is 11.1. The molecule has 2 nitrogen and oxygen atoms in total. The smallest absolute Gasteiger partial charge is 0.243 e. The number of allylic oxidation sites excluding steroid dienone is 4. The van der Waals surface area contributed by atoms with Gasteiger partial charge >= 0.3 is 0 Å². The van der Waals surface area contributed by atoms with Crippen LogP contribution in [-0.4, -0.2) is 12.5 Å². The molecule has 1 N–H and O–H groups in total. The summed E-state index contributed by atoms with van der Waals surface area (Å²) in [5.41, 5.74) is 2.67. The Morgan fingerprint density at radius 3 is 2.44 bits per heavy atom. The van der Waals surface area contributed by atoms with E-state index < -0.39 is 0 Å². The van der Waals surface area contributed by atoms with Gasteiger partial charge in [0.05, 0.1) is 0 Å². The van der Waals surface area contributed by atoms with Crippen molar-refractivity contribution in [3.05, 3.63) is 35.5 Å². The summed E-state index contributed by atoms with van der Waals surface area (Å²) in [7, 11) is 0. The zero-order valence-corrected chi connectivity index (χ0v) is 10.8. The summed E-state index contributed by atoms with van der Waals surface area (Å²) in [6, 6.07) is 0. The van der Waals surface area contributed by atoms with E-state index in [-0.39, 0.29) is 5.91 Å². The van der Waals surface area contributed by atoms with Gasteiger partial charge in [0.1, 0.15) is 0 Å². The van der Waals surface area contributed by atoms with E-state index in [0.717, 1.165) is 12.8 Å². The maximum Gasteiger partial charge on any atom is 0.243 e. The number of carbonyl (C=O) groups is 1. The zero-order valence-electron chi connectivity index (χ0n) is 10.8. The van der Waals surface area contributed by atoms with Crippen LogP contribution in [-0.2, 0) is 4.79 Å². The molecule has 0 aliphatic carbocycles. The molecule has 0 bridgehead atoms. The van der Waals surface area contributed by atoms with Crippen molar-refractivity contribution < 1.29 is 4.79 Å². The summed E-state index contributed by atoms with van der Waals surface area (Å²) in [6.45, 7) is 8.76. The normalized spacial score (nSPS) is 11.6. The minimum Gasteiger partial charge on any atom is -0.349 e. The van der Waals surface area contributed by atoms with Gasteiger partial charge in [0.15, 0.2) is 0 Å². The lowest BCUT2D eigenvalue weighted by molar-refractivity contribution is -0.116. The lowest BCUT2D eigenvalue weighted by Crippen LogP contribution is -2.20. The van der Waals surface area contributed by atoms with E-state index in [2.05, 4.69) is 38.2 Å². The highest BCUT2D eigenvalue weighted by molar-refractivity contribution is 5.87. The van der Waals surface area contributed by atoms with Gasteiger partial charge in [-0.3, -0.25) is 4.79 Å². The molecule has 16 heavy (non-hydrogen) atoms. The molecule has 0 atom stereocenters. The third-order valence-corrected chi connectivity index (χ3v) is 2.14. The van der Waals surface area contributed by atoms with Crippen molar-refractivity contribution in [2.75, 3.05) is 6.54 Å². The van der Waals surface area contributed by atoms with Gasteiger partial charge < -0.3 is 5.32 Å². The number of amides is 1. The van der Waals surface area contributed by atoms with E-state index in [4.69, 9.17) is 0 Å². The van der Waals surface area contributed by atoms with Crippen molar-refractivity contribution >= 4 is 5.91 Å². The molecule has 0 unspecified atom stereocenters. The Bertz CT molecular complexity index is 294. The molecule has 1 amide bonds. The van der Waals surface area contributed by atoms with Gasteiger partial charge in [-0.2, -0.15) is 0 Å². The minimum atomic E-state index is -0.0316. The summed E-state index contributed by atoms with van der Waals surface area (Å²) in [4.78, 5) is 11.1. The van der Waals surface area contributed by atoms with Crippen LogP contribution in [0.4, 0.5) is 0 Å². The second-order valence-electron chi connectivity index (χ2n) is 4.12. The molecule has 0 aliphatic heterocycles. The number of hydrogen-bond acceptors (Lipinski definition) is 1. The fourth-order valence-corrected chi connectivity index (χ4v) is 1.23. The lowest BCUT2D eigenvalue weighted by atomic mass is 10.1. The standard InChI is InChI=1S/C14H23NO/c1-5-7-14(16)15-11-10-13(4)9-6-8-12(2)3/h5,7-8,10H,6,9,11H2,1-4H3,(H,15,16). The fraction of sp³-hybridized carbons (Fsp3) is 0.500. The zero-order chi connectivity index (χ0) is 12.4. The van der Waals surface area contributed by atoms with Crippen LogP contribution < -0.4 is 5.32 Å². The predicted octanol–water partition coefficient (Wildman–Crippen LogP) is 3.37.